The van der Waals surface area contributed by atoms with Crippen LogP contribution < -0.4 is 5.32 Å². The molecular formula is C17H34N2. The van der Waals surface area contributed by atoms with Crippen molar-refractivity contribution in [2.75, 3.05) is 32.7 Å². The molecule has 0 aromatic heterocycles. The van der Waals surface area contributed by atoms with Gasteiger partial charge in [-0.2, -0.15) is 0 Å². The predicted molar refractivity (Wildman–Crippen MR) is 83.4 cm³/mol. The minimum atomic E-state index is 0.581. The highest BCUT2D eigenvalue weighted by molar-refractivity contribution is 4.90. The summed E-state index contributed by atoms with van der Waals surface area (Å²) in [6, 6.07) is 0. The fraction of sp³-hybridized carbons (Fsp3) is 1.00. The number of hydrogen-bond acceptors (Lipinski definition) is 2. The van der Waals surface area contributed by atoms with E-state index in [-0.39, 0.29) is 0 Å². The lowest BCUT2D eigenvalue weighted by molar-refractivity contribution is 0.114. The first kappa shape index (κ1) is 15.3. The smallest absolute Gasteiger partial charge is 0.00504 e. The maximum atomic E-state index is 3.72. The number of nitrogens with one attached hydrogen (secondary N) is 1. The van der Waals surface area contributed by atoms with Gasteiger partial charge in [-0.3, -0.25) is 0 Å². The summed E-state index contributed by atoms with van der Waals surface area (Å²) in [6.45, 7) is 13.6. The van der Waals surface area contributed by atoms with Crippen LogP contribution in [0, 0.1) is 17.3 Å². The molecule has 2 aliphatic rings. The van der Waals surface area contributed by atoms with Crippen LogP contribution in [-0.2, 0) is 0 Å². The molecule has 1 saturated heterocycles. The maximum Gasteiger partial charge on any atom is 0.00504 e. The number of nitrogens with zero attached hydrogens (tertiary/aromatic N) is 1. The highest BCUT2D eigenvalue weighted by Gasteiger charge is 2.36. The predicted octanol–water partition coefficient (Wildman–Crippen LogP) is 3.52. The summed E-state index contributed by atoms with van der Waals surface area (Å²) in [5.41, 5.74) is 0.581. The molecule has 0 aromatic carbocycles. The number of hydrogen-bond donors (Lipinski definition) is 1. The minimum Gasteiger partial charge on any atom is -0.316 e. The number of likely N-dealkylation sites (tertiary alicyclic amines) is 1. The first-order chi connectivity index (χ1) is 9.15. The van der Waals surface area contributed by atoms with Gasteiger partial charge in [0.25, 0.3) is 0 Å². The van der Waals surface area contributed by atoms with E-state index >= 15 is 0 Å². The first-order valence-corrected chi connectivity index (χ1v) is 8.58. The second-order valence-electron chi connectivity index (χ2n) is 7.39. The van der Waals surface area contributed by atoms with Crippen LogP contribution in [0.15, 0.2) is 0 Å². The highest BCUT2D eigenvalue weighted by atomic mass is 15.2. The van der Waals surface area contributed by atoms with Gasteiger partial charge >= 0.3 is 0 Å². The fourth-order valence-corrected chi connectivity index (χ4v) is 4.08. The van der Waals surface area contributed by atoms with E-state index in [0.717, 1.165) is 11.8 Å². The summed E-state index contributed by atoms with van der Waals surface area (Å²) in [6.07, 6.45) is 8.52. The van der Waals surface area contributed by atoms with E-state index < -0.39 is 0 Å². The Morgan fingerprint density at radius 2 is 1.68 bits per heavy atom. The SMILES string of the molecule is CCCNCC1(CN2CC(C)C(C)C2)CCCCC1. The lowest BCUT2D eigenvalue weighted by Crippen LogP contribution is -2.45. The molecule has 0 spiro atoms. The molecule has 0 aromatic rings. The molecule has 1 saturated carbocycles. The van der Waals surface area contributed by atoms with Gasteiger partial charge in [-0.15, -0.1) is 0 Å². The summed E-state index contributed by atoms with van der Waals surface area (Å²) in [7, 11) is 0. The largest absolute Gasteiger partial charge is 0.316 e. The van der Waals surface area contributed by atoms with Crippen LogP contribution in [0.1, 0.15) is 59.3 Å². The molecule has 2 rings (SSSR count). The van der Waals surface area contributed by atoms with E-state index in [1.807, 2.05) is 0 Å². The third-order valence-electron chi connectivity index (χ3n) is 5.46. The number of rotatable bonds is 6. The molecule has 2 atom stereocenters. The van der Waals surface area contributed by atoms with Gasteiger partial charge in [-0.25, -0.2) is 0 Å². The molecule has 0 bridgehead atoms. The topological polar surface area (TPSA) is 15.3 Å². The zero-order valence-electron chi connectivity index (χ0n) is 13.4. The van der Waals surface area contributed by atoms with Gasteiger partial charge in [0, 0.05) is 26.2 Å². The molecule has 1 aliphatic carbocycles. The van der Waals surface area contributed by atoms with Crippen molar-refractivity contribution >= 4 is 0 Å². The van der Waals surface area contributed by atoms with Crippen LogP contribution in [0.5, 0.6) is 0 Å². The third-order valence-corrected chi connectivity index (χ3v) is 5.46. The van der Waals surface area contributed by atoms with Crippen molar-refractivity contribution in [1.29, 1.82) is 0 Å². The van der Waals surface area contributed by atoms with Crippen LogP contribution in [0.4, 0.5) is 0 Å². The van der Waals surface area contributed by atoms with Crippen molar-refractivity contribution in [1.82, 2.24) is 10.2 Å². The Labute approximate surface area is 120 Å². The van der Waals surface area contributed by atoms with Crippen molar-refractivity contribution in [2.24, 2.45) is 17.3 Å². The molecule has 0 amide bonds. The van der Waals surface area contributed by atoms with E-state index in [1.165, 1.54) is 71.2 Å². The zero-order chi connectivity index (χ0) is 13.7. The lowest BCUT2D eigenvalue weighted by Gasteiger charge is -2.40. The fourth-order valence-electron chi connectivity index (χ4n) is 4.08. The van der Waals surface area contributed by atoms with Gasteiger partial charge < -0.3 is 10.2 Å². The van der Waals surface area contributed by atoms with E-state index in [4.69, 9.17) is 0 Å². The van der Waals surface area contributed by atoms with E-state index in [1.54, 1.807) is 0 Å². The van der Waals surface area contributed by atoms with Crippen LogP contribution in [0.2, 0.25) is 0 Å². The van der Waals surface area contributed by atoms with Gasteiger partial charge in [-0.05, 0) is 43.1 Å². The van der Waals surface area contributed by atoms with Crippen LogP contribution in [0.3, 0.4) is 0 Å². The third kappa shape index (κ3) is 4.19. The molecule has 1 N–H and O–H groups in total. The monoisotopic (exact) mass is 266 g/mol. The van der Waals surface area contributed by atoms with E-state index in [9.17, 15) is 0 Å². The molecule has 2 fully saturated rings. The summed E-state index contributed by atoms with van der Waals surface area (Å²) in [5, 5.41) is 3.72. The Morgan fingerprint density at radius 3 is 2.26 bits per heavy atom. The maximum absolute atomic E-state index is 3.72. The normalized spacial score (nSPS) is 31.7. The second-order valence-corrected chi connectivity index (χ2v) is 7.39. The summed E-state index contributed by atoms with van der Waals surface area (Å²) < 4.78 is 0. The highest BCUT2D eigenvalue weighted by Crippen LogP contribution is 2.38. The Kier molecular flexibility index (Phi) is 5.70. The molecule has 1 aliphatic heterocycles. The van der Waals surface area contributed by atoms with Crippen LogP contribution in [0.25, 0.3) is 0 Å². The summed E-state index contributed by atoms with van der Waals surface area (Å²) in [4.78, 5) is 2.76. The zero-order valence-corrected chi connectivity index (χ0v) is 13.4. The van der Waals surface area contributed by atoms with Gasteiger partial charge in [0.05, 0.1) is 0 Å². The van der Waals surface area contributed by atoms with Gasteiger partial charge in [0.15, 0.2) is 0 Å². The molecule has 2 heteroatoms. The Morgan fingerprint density at radius 1 is 1.05 bits per heavy atom. The molecule has 0 radical (unpaired) electrons. The Hall–Kier alpha value is -0.0800. The van der Waals surface area contributed by atoms with E-state index in [0.29, 0.717) is 5.41 Å². The Balaban J connectivity index is 1.89. The van der Waals surface area contributed by atoms with Gasteiger partial charge in [0.2, 0.25) is 0 Å². The average molecular weight is 266 g/mol. The Bertz CT molecular complexity index is 248. The van der Waals surface area contributed by atoms with Crippen molar-refractivity contribution in [3.05, 3.63) is 0 Å². The van der Waals surface area contributed by atoms with Crippen molar-refractivity contribution in [3.8, 4) is 0 Å². The lowest BCUT2D eigenvalue weighted by atomic mass is 9.73. The van der Waals surface area contributed by atoms with Gasteiger partial charge in [0.1, 0.15) is 0 Å². The van der Waals surface area contributed by atoms with Crippen molar-refractivity contribution < 1.29 is 0 Å². The van der Waals surface area contributed by atoms with Gasteiger partial charge in [-0.1, -0.05) is 40.0 Å². The standard InChI is InChI=1S/C17H34N2/c1-4-10-18-13-17(8-6-5-7-9-17)14-19-11-15(2)16(3)12-19/h15-16,18H,4-14H2,1-3H3. The summed E-state index contributed by atoms with van der Waals surface area (Å²) in [5.74, 6) is 1.79. The minimum absolute atomic E-state index is 0.581. The van der Waals surface area contributed by atoms with E-state index in [2.05, 4.69) is 31.0 Å². The molecule has 112 valence electrons. The second kappa shape index (κ2) is 7.08. The van der Waals surface area contributed by atoms with Crippen molar-refractivity contribution in [2.45, 2.75) is 59.3 Å². The average Bonchev–Trinajstić information content (AvgIpc) is 2.69. The van der Waals surface area contributed by atoms with Crippen LogP contribution >= 0.6 is 0 Å². The van der Waals surface area contributed by atoms with Crippen LogP contribution in [-0.4, -0.2) is 37.6 Å². The molecule has 19 heavy (non-hydrogen) atoms. The van der Waals surface area contributed by atoms with Crippen molar-refractivity contribution in [3.63, 3.8) is 0 Å². The quantitative estimate of drug-likeness (QED) is 0.740. The molecule has 2 unspecified atom stereocenters. The summed E-state index contributed by atoms with van der Waals surface area (Å²) >= 11 is 0. The molecule has 2 nitrogen and oxygen atoms in total. The first-order valence-electron chi connectivity index (χ1n) is 8.58. The molecule has 1 heterocycles. The molecular weight excluding hydrogens is 232 g/mol.